The van der Waals surface area contributed by atoms with Gasteiger partial charge in [0, 0.05) is 16.8 Å². The molecule has 2 aromatic carbocycles. The van der Waals surface area contributed by atoms with Gasteiger partial charge in [-0.1, -0.05) is 106 Å². The fourth-order valence-electron chi connectivity index (χ4n) is 3.04. The number of hydrogen-bond donors (Lipinski definition) is 0. The molecule has 0 fully saturated rings. The van der Waals surface area contributed by atoms with Crippen molar-refractivity contribution in [2.45, 2.75) is 51.9 Å². The van der Waals surface area contributed by atoms with Crippen LogP contribution in [0.1, 0.15) is 51.9 Å². The second kappa shape index (κ2) is 9.73. The Morgan fingerprint density at radius 1 is 0.652 bits per heavy atom. The van der Waals surface area contributed by atoms with Gasteiger partial charge in [0.25, 0.3) is 0 Å². The topological polar surface area (TPSA) is 17.1 Å². The van der Waals surface area contributed by atoms with E-state index < -0.39 is 7.14 Å². The molecule has 0 aliphatic rings. The highest BCUT2D eigenvalue weighted by Gasteiger charge is 2.26. The Kier molecular flexibility index (Phi) is 7.62. The van der Waals surface area contributed by atoms with Gasteiger partial charge in [-0.15, -0.1) is 0 Å². The normalized spacial score (nSPS) is 11.5. The Hall–Kier alpha value is -1.33. The number of hydrogen-bond acceptors (Lipinski definition) is 1. The average Bonchev–Trinajstić information content (AvgIpc) is 2.62. The number of benzene rings is 2. The van der Waals surface area contributed by atoms with Crippen LogP contribution in [0.4, 0.5) is 0 Å². The summed E-state index contributed by atoms with van der Waals surface area (Å²) in [7, 11) is -2.49. The van der Waals surface area contributed by atoms with E-state index in [0.717, 1.165) is 23.2 Å². The molecule has 2 aromatic rings. The Morgan fingerprint density at radius 2 is 1.09 bits per heavy atom. The molecule has 1 nitrogen and oxygen atoms in total. The summed E-state index contributed by atoms with van der Waals surface area (Å²) in [6.07, 6.45) is 9.57. The molecule has 2 heteroatoms. The summed E-state index contributed by atoms with van der Waals surface area (Å²) in [5.74, 6) is 0. The molecule has 0 heterocycles. The summed E-state index contributed by atoms with van der Waals surface area (Å²) in [6, 6.07) is 20.1. The van der Waals surface area contributed by atoms with Gasteiger partial charge in [-0.05, 0) is 6.42 Å². The van der Waals surface area contributed by atoms with E-state index in [4.69, 9.17) is 0 Å². The lowest BCUT2D eigenvalue weighted by Gasteiger charge is -2.19. The van der Waals surface area contributed by atoms with Crippen LogP contribution < -0.4 is 10.6 Å². The third-order valence-electron chi connectivity index (χ3n) is 4.42. The molecule has 23 heavy (non-hydrogen) atoms. The molecule has 0 unspecified atom stereocenters. The molecule has 124 valence electrons. The zero-order chi connectivity index (χ0) is 16.4. The van der Waals surface area contributed by atoms with Crippen LogP contribution in [0.25, 0.3) is 0 Å². The quantitative estimate of drug-likeness (QED) is 0.401. The first kappa shape index (κ1) is 18.0. The van der Waals surface area contributed by atoms with E-state index in [-0.39, 0.29) is 0 Å². The van der Waals surface area contributed by atoms with E-state index in [1.54, 1.807) is 0 Å². The molecule has 0 N–H and O–H groups in total. The highest BCUT2D eigenvalue weighted by molar-refractivity contribution is 7.78. The minimum absolute atomic E-state index is 0.787. The average molecular weight is 328 g/mol. The van der Waals surface area contributed by atoms with Gasteiger partial charge >= 0.3 is 0 Å². The molecule has 0 amide bonds. The number of unbranched alkanes of at least 4 members (excludes halogenated alkanes) is 6. The Bertz CT molecular complexity index is 548. The maximum Gasteiger partial charge on any atom is 0.143 e. The Labute approximate surface area is 141 Å². The van der Waals surface area contributed by atoms with E-state index in [9.17, 15) is 4.57 Å². The third-order valence-corrected chi connectivity index (χ3v) is 7.63. The van der Waals surface area contributed by atoms with Crippen molar-refractivity contribution >= 4 is 17.8 Å². The van der Waals surface area contributed by atoms with Crippen molar-refractivity contribution < 1.29 is 4.57 Å². The van der Waals surface area contributed by atoms with Crippen LogP contribution in [0, 0.1) is 0 Å². The lowest BCUT2D eigenvalue weighted by molar-refractivity contribution is 0.577. The predicted molar refractivity (Wildman–Crippen MR) is 103 cm³/mol. The van der Waals surface area contributed by atoms with Crippen LogP contribution in [0.3, 0.4) is 0 Å². The minimum atomic E-state index is -2.49. The molecule has 0 aliphatic heterocycles. The fourth-order valence-corrected chi connectivity index (χ4v) is 5.83. The highest BCUT2D eigenvalue weighted by atomic mass is 31.2. The van der Waals surface area contributed by atoms with Crippen molar-refractivity contribution in [2.75, 3.05) is 6.16 Å². The van der Waals surface area contributed by atoms with Gasteiger partial charge in [-0.25, -0.2) is 0 Å². The van der Waals surface area contributed by atoms with E-state index in [1.807, 2.05) is 60.7 Å². The summed E-state index contributed by atoms with van der Waals surface area (Å²) in [5.41, 5.74) is 0. The monoisotopic (exact) mass is 328 g/mol. The van der Waals surface area contributed by atoms with Gasteiger partial charge in [-0.3, -0.25) is 0 Å². The second-order valence-electron chi connectivity index (χ2n) is 6.26. The first-order chi connectivity index (χ1) is 11.3. The van der Waals surface area contributed by atoms with E-state index in [0.29, 0.717) is 0 Å². The SMILES string of the molecule is CCCCCCCCCP(=O)(c1ccccc1)c1ccccc1. The lowest BCUT2D eigenvalue weighted by atomic mass is 10.1. The molecular weight excluding hydrogens is 299 g/mol. The standard InChI is InChI=1S/C21H29OP/c1-2-3-4-5-6-7-14-19-23(22,20-15-10-8-11-16-20)21-17-12-9-13-18-21/h8-13,15-18H,2-7,14,19H2,1H3. The molecular formula is C21H29OP. The molecule has 0 saturated heterocycles. The maximum atomic E-state index is 13.8. The van der Waals surface area contributed by atoms with Gasteiger partial charge < -0.3 is 4.57 Å². The first-order valence-electron chi connectivity index (χ1n) is 8.97. The number of rotatable bonds is 10. The summed E-state index contributed by atoms with van der Waals surface area (Å²) in [4.78, 5) is 0. The molecule has 2 rings (SSSR count). The smallest absolute Gasteiger partial charge is 0.143 e. The van der Waals surface area contributed by atoms with Gasteiger partial charge in [0.1, 0.15) is 7.14 Å². The van der Waals surface area contributed by atoms with E-state index >= 15 is 0 Å². The zero-order valence-electron chi connectivity index (χ0n) is 14.3. The molecule has 0 aliphatic carbocycles. The maximum absolute atomic E-state index is 13.8. The van der Waals surface area contributed by atoms with Crippen molar-refractivity contribution in [1.29, 1.82) is 0 Å². The Balaban J connectivity index is 2.00. The van der Waals surface area contributed by atoms with Crippen LogP contribution in [0.15, 0.2) is 60.7 Å². The lowest BCUT2D eigenvalue weighted by Crippen LogP contribution is -2.18. The van der Waals surface area contributed by atoms with Crippen molar-refractivity contribution in [2.24, 2.45) is 0 Å². The van der Waals surface area contributed by atoms with Gasteiger partial charge in [0.05, 0.1) is 0 Å². The fraction of sp³-hybridized carbons (Fsp3) is 0.429. The van der Waals surface area contributed by atoms with E-state index in [1.165, 1.54) is 38.5 Å². The molecule has 0 saturated carbocycles. The second-order valence-corrected chi connectivity index (χ2v) is 9.22. The van der Waals surface area contributed by atoms with Gasteiger partial charge in [0.15, 0.2) is 0 Å². The first-order valence-corrected chi connectivity index (χ1v) is 10.9. The summed E-state index contributed by atoms with van der Waals surface area (Å²) >= 11 is 0. The third kappa shape index (κ3) is 5.36. The van der Waals surface area contributed by atoms with Crippen molar-refractivity contribution in [3.05, 3.63) is 60.7 Å². The zero-order valence-corrected chi connectivity index (χ0v) is 15.2. The molecule has 0 aromatic heterocycles. The van der Waals surface area contributed by atoms with Crippen molar-refractivity contribution in [1.82, 2.24) is 0 Å². The highest BCUT2D eigenvalue weighted by Crippen LogP contribution is 2.44. The van der Waals surface area contributed by atoms with Crippen LogP contribution >= 0.6 is 7.14 Å². The molecule has 0 atom stereocenters. The van der Waals surface area contributed by atoms with Gasteiger partial charge in [-0.2, -0.15) is 0 Å². The van der Waals surface area contributed by atoms with Crippen molar-refractivity contribution in [3.63, 3.8) is 0 Å². The molecule has 0 radical (unpaired) electrons. The molecule has 0 bridgehead atoms. The van der Waals surface area contributed by atoms with Crippen LogP contribution in [-0.4, -0.2) is 6.16 Å². The molecule has 0 spiro atoms. The summed E-state index contributed by atoms with van der Waals surface area (Å²) < 4.78 is 13.8. The predicted octanol–water partition coefficient (Wildman–Crippen LogP) is 5.75. The van der Waals surface area contributed by atoms with Crippen LogP contribution in [0.5, 0.6) is 0 Å². The largest absolute Gasteiger partial charge is 0.314 e. The summed E-state index contributed by atoms with van der Waals surface area (Å²) in [6.45, 7) is 2.25. The van der Waals surface area contributed by atoms with Crippen LogP contribution in [0.2, 0.25) is 0 Å². The van der Waals surface area contributed by atoms with Gasteiger partial charge in [0.2, 0.25) is 0 Å². The van der Waals surface area contributed by atoms with Crippen LogP contribution in [-0.2, 0) is 4.57 Å². The Morgan fingerprint density at radius 3 is 1.57 bits per heavy atom. The minimum Gasteiger partial charge on any atom is -0.314 e. The summed E-state index contributed by atoms with van der Waals surface area (Å²) in [5, 5.41) is 1.99. The van der Waals surface area contributed by atoms with Crippen molar-refractivity contribution in [3.8, 4) is 0 Å². The van der Waals surface area contributed by atoms with E-state index in [2.05, 4.69) is 6.92 Å².